The molecule has 0 radical (unpaired) electrons. The number of hydrogen-bond acceptors (Lipinski definition) is 5. The average molecular weight is 352 g/mol. The first-order valence-electron chi connectivity index (χ1n) is 7.92. The Kier molecular flexibility index (Phi) is 4.35. The highest BCUT2D eigenvalue weighted by Gasteiger charge is 2.26. The summed E-state index contributed by atoms with van der Waals surface area (Å²) in [6, 6.07) is 11.4. The second kappa shape index (κ2) is 6.94. The SMILES string of the molecule is O=C(NCc1cncc(-c2ccsc2)c1)[C@@H]1COc2ccccc2O1. The van der Waals surface area contributed by atoms with Crippen molar-refractivity contribution in [2.45, 2.75) is 12.6 Å². The molecule has 0 bridgehead atoms. The van der Waals surface area contributed by atoms with Crippen molar-refractivity contribution >= 4 is 17.2 Å². The van der Waals surface area contributed by atoms with E-state index in [-0.39, 0.29) is 12.5 Å². The molecule has 1 atom stereocenters. The van der Waals surface area contributed by atoms with E-state index in [4.69, 9.17) is 9.47 Å². The van der Waals surface area contributed by atoms with Crippen LogP contribution in [0, 0.1) is 0 Å². The smallest absolute Gasteiger partial charge is 0.264 e. The van der Waals surface area contributed by atoms with E-state index in [0.717, 1.165) is 16.7 Å². The van der Waals surface area contributed by atoms with Crippen molar-refractivity contribution in [2.75, 3.05) is 6.61 Å². The van der Waals surface area contributed by atoms with Gasteiger partial charge in [0.2, 0.25) is 6.10 Å². The van der Waals surface area contributed by atoms with Gasteiger partial charge in [-0.1, -0.05) is 12.1 Å². The minimum Gasteiger partial charge on any atom is -0.485 e. The fourth-order valence-electron chi connectivity index (χ4n) is 2.62. The van der Waals surface area contributed by atoms with Gasteiger partial charge in [-0.05, 0) is 46.2 Å². The molecule has 1 aromatic carbocycles. The number of thiophene rings is 1. The molecule has 126 valence electrons. The number of amides is 1. The summed E-state index contributed by atoms with van der Waals surface area (Å²) in [5.74, 6) is 1.06. The maximum Gasteiger partial charge on any atom is 0.264 e. The van der Waals surface area contributed by atoms with Crippen LogP contribution in [-0.4, -0.2) is 23.6 Å². The Labute approximate surface area is 149 Å². The van der Waals surface area contributed by atoms with Gasteiger partial charge >= 0.3 is 0 Å². The summed E-state index contributed by atoms with van der Waals surface area (Å²) in [6.45, 7) is 0.599. The summed E-state index contributed by atoms with van der Waals surface area (Å²) < 4.78 is 11.3. The Morgan fingerprint density at radius 2 is 2.08 bits per heavy atom. The van der Waals surface area contributed by atoms with Gasteiger partial charge in [0.05, 0.1) is 0 Å². The van der Waals surface area contributed by atoms with Crippen molar-refractivity contribution in [3.05, 3.63) is 65.1 Å². The Bertz CT molecular complexity index is 880. The van der Waals surface area contributed by atoms with Crippen LogP contribution in [0.25, 0.3) is 11.1 Å². The number of nitrogens with zero attached hydrogens (tertiary/aromatic N) is 1. The highest BCUT2D eigenvalue weighted by Crippen LogP contribution is 2.30. The number of hydrogen-bond donors (Lipinski definition) is 1. The molecular weight excluding hydrogens is 336 g/mol. The zero-order valence-electron chi connectivity index (χ0n) is 13.3. The Morgan fingerprint density at radius 3 is 2.92 bits per heavy atom. The van der Waals surface area contributed by atoms with Crippen LogP contribution in [0.4, 0.5) is 0 Å². The minimum atomic E-state index is -0.650. The van der Waals surface area contributed by atoms with E-state index in [9.17, 15) is 4.79 Å². The number of pyridine rings is 1. The number of benzene rings is 1. The molecule has 1 aliphatic heterocycles. The molecule has 6 heteroatoms. The molecule has 5 nitrogen and oxygen atoms in total. The maximum atomic E-state index is 12.4. The van der Waals surface area contributed by atoms with Crippen molar-refractivity contribution in [2.24, 2.45) is 0 Å². The molecule has 0 unspecified atom stereocenters. The zero-order chi connectivity index (χ0) is 17.1. The van der Waals surface area contributed by atoms with E-state index in [2.05, 4.69) is 21.7 Å². The van der Waals surface area contributed by atoms with Gasteiger partial charge in [0, 0.05) is 24.5 Å². The molecule has 0 saturated carbocycles. The number of para-hydroxylation sites is 2. The monoisotopic (exact) mass is 352 g/mol. The first-order chi connectivity index (χ1) is 12.3. The zero-order valence-corrected chi connectivity index (χ0v) is 14.2. The van der Waals surface area contributed by atoms with Gasteiger partial charge in [-0.25, -0.2) is 0 Å². The molecule has 25 heavy (non-hydrogen) atoms. The lowest BCUT2D eigenvalue weighted by Crippen LogP contribution is -2.43. The van der Waals surface area contributed by atoms with E-state index in [0.29, 0.717) is 18.0 Å². The number of carbonyl (C=O) groups is 1. The van der Waals surface area contributed by atoms with Crippen LogP contribution in [0.15, 0.2) is 59.6 Å². The third-order valence-electron chi connectivity index (χ3n) is 3.92. The lowest BCUT2D eigenvalue weighted by Gasteiger charge is -2.25. The fourth-order valence-corrected chi connectivity index (χ4v) is 3.29. The number of rotatable bonds is 4. The van der Waals surface area contributed by atoms with E-state index in [1.54, 1.807) is 23.6 Å². The van der Waals surface area contributed by atoms with Crippen molar-refractivity contribution in [1.29, 1.82) is 0 Å². The maximum absolute atomic E-state index is 12.4. The third-order valence-corrected chi connectivity index (χ3v) is 4.60. The molecule has 1 amide bonds. The second-order valence-corrected chi connectivity index (χ2v) is 6.46. The largest absolute Gasteiger partial charge is 0.485 e. The van der Waals surface area contributed by atoms with Gasteiger partial charge in [-0.2, -0.15) is 11.3 Å². The first kappa shape index (κ1) is 15.7. The van der Waals surface area contributed by atoms with Gasteiger partial charge in [0.25, 0.3) is 5.91 Å². The Balaban J connectivity index is 1.39. The number of fused-ring (bicyclic) bond motifs is 1. The van der Waals surface area contributed by atoms with Crippen LogP contribution < -0.4 is 14.8 Å². The topological polar surface area (TPSA) is 60.5 Å². The fraction of sp³-hybridized carbons (Fsp3) is 0.158. The van der Waals surface area contributed by atoms with Crippen molar-refractivity contribution < 1.29 is 14.3 Å². The second-order valence-electron chi connectivity index (χ2n) is 5.68. The standard InChI is InChI=1S/C19H16N2O3S/c22-19(18-11-23-16-3-1-2-4-17(16)24-18)21-9-13-7-15(10-20-8-13)14-5-6-25-12-14/h1-8,10,12,18H,9,11H2,(H,21,22)/t18-/m0/s1. The van der Waals surface area contributed by atoms with Crippen LogP contribution >= 0.6 is 11.3 Å². The van der Waals surface area contributed by atoms with Crippen LogP contribution in [-0.2, 0) is 11.3 Å². The summed E-state index contributed by atoms with van der Waals surface area (Å²) in [7, 11) is 0. The lowest BCUT2D eigenvalue weighted by molar-refractivity contribution is -0.130. The van der Waals surface area contributed by atoms with Crippen molar-refractivity contribution in [3.8, 4) is 22.6 Å². The molecule has 0 spiro atoms. The quantitative estimate of drug-likeness (QED) is 0.783. The molecule has 0 fully saturated rings. The van der Waals surface area contributed by atoms with Crippen LogP contribution in [0.3, 0.4) is 0 Å². The van der Waals surface area contributed by atoms with E-state index in [1.807, 2.05) is 35.8 Å². The van der Waals surface area contributed by atoms with Crippen LogP contribution in [0.1, 0.15) is 5.56 Å². The number of carbonyl (C=O) groups excluding carboxylic acids is 1. The summed E-state index contributed by atoms with van der Waals surface area (Å²) in [6.07, 6.45) is 2.93. The third kappa shape index (κ3) is 3.49. The number of aromatic nitrogens is 1. The Hall–Kier alpha value is -2.86. The minimum absolute atomic E-state index is 0.199. The normalized spacial score (nSPS) is 15.6. The highest BCUT2D eigenvalue weighted by molar-refractivity contribution is 7.08. The van der Waals surface area contributed by atoms with Crippen molar-refractivity contribution in [3.63, 3.8) is 0 Å². The van der Waals surface area contributed by atoms with Gasteiger partial charge in [-0.3, -0.25) is 9.78 Å². The van der Waals surface area contributed by atoms with E-state index < -0.39 is 6.10 Å². The predicted molar refractivity (Wildman–Crippen MR) is 95.7 cm³/mol. The van der Waals surface area contributed by atoms with Crippen LogP contribution in [0.5, 0.6) is 11.5 Å². The average Bonchev–Trinajstić information content (AvgIpc) is 3.21. The molecule has 1 N–H and O–H groups in total. The van der Waals surface area contributed by atoms with Gasteiger partial charge in [0.15, 0.2) is 11.5 Å². The van der Waals surface area contributed by atoms with E-state index >= 15 is 0 Å². The van der Waals surface area contributed by atoms with Gasteiger partial charge in [-0.15, -0.1) is 0 Å². The lowest BCUT2D eigenvalue weighted by atomic mass is 10.1. The summed E-state index contributed by atoms with van der Waals surface area (Å²) in [5.41, 5.74) is 3.11. The molecule has 2 aromatic heterocycles. The van der Waals surface area contributed by atoms with Gasteiger partial charge in [0.1, 0.15) is 6.61 Å². The summed E-state index contributed by atoms with van der Waals surface area (Å²) in [4.78, 5) is 16.6. The Morgan fingerprint density at radius 1 is 1.20 bits per heavy atom. The summed E-state index contributed by atoms with van der Waals surface area (Å²) >= 11 is 1.64. The van der Waals surface area contributed by atoms with Crippen molar-refractivity contribution in [1.82, 2.24) is 10.3 Å². The summed E-state index contributed by atoms with van der Waals surface area (Å²) in [5, 5.41) is 6.99. The molecule has 0 saturated heterocycles. The molecule has 4 rings (SSSR count). The molecule has 3 heterocycles. The number of nitrogens with one attached hydrogen (secondary N) is 1. The molecule has 0 aliphatic carbocycles. The first-order valence-corrected chi connectivity index (χ1v) is 8.86. The van der Waals surface area contributed by atoms with Gasteiger partial charge < -0.3 is 14.8 Å². The van der Waals surface area contributed by atoms with Crippen LogP contribution in [0.2, 0.25) is 0 Å². The molecule has 3 aromatic rings. The molecular formula is C19H16N2O3S. The molecule has 1 aliphatic rings. The van der Waals surface area contributed by atoms with E-state index in [1.165, 1.54) is 0 Å². The number of ether oxygens (including phenoxy) is 2. The highest BCUT2D eigenvalue weighted by atomic mass is 32.1. The predicted octanol–water partition coefficient (Wildman–Crippen LogP) is 3.27.